The van der Waals surface area contributed by atoms with Crippen molar-refractivity contribution < 1.29 is 36.0 Å². The van der Waals surface area contributed by atoms with Crippen LogP contribution in [0.2, 0.25) is 0 Å². The smallest absolute Gasteiger partial charge is 0.340 e. The van der Waals surface area contributed by atoms with Crippen LogP contribution >= 0.6 is 0 Å². The molecule has 4 atom stereocenters. The van der Waals surface area contributed by atoms with Gasteiger partial charge >= 0.3 is 6.18 Å². The lowest BCUT2D eigenvalue weighted by molar-refractivity contribution is -0.137. The number of carbonyl (C=O) groups is 3. The first-order valence-electron chi connectivity index (χ1n) is 13.8. The molecule has 2 heterocycles. The first-order valence-corrected chi connectivity index (χ1v) is 15.4. The van der Waals surface area contributed by atoms with Gasteiger partial charge in [-0.1, -0.05) is 24.3 Å². The van der Waals surface area contributed by atoms with E-state index in [0.717, 1.165) is 24.6 Å². The van der Waals surface area contributed by atoms with E-state index in [1.54, 1.807) is 23.1 Å². The van der Waals surface area contributed by atoms with E-state index < -0.39 is 45.5 Å². The Morgan fingerprint density at radius 2 is 1.71 bits per heavy atom. The Morgan fingerprint density at radius 3 is 2.39 bits per heavy atom. The first kappa shape index (κ1) is 29.1. The van der Waals surface area contributed by atoms with Crippen molar-refractivity contribution in [2.24, 2.45) is 5.92 Å². The highest BCUT2D eigenvalue weighted by Crippen LogP contribution is 2.37. The van der Waals surface area contributed by atoms with Gasteiger partial charge < -0.3 is 15.1 Å². The van der Waals surface area contributed by atoms with Crippen molar-refractivity contribution in [3.63, 3.8) is 0 Å². The van der Waals surface area contributed by atoms with E-state index in [2.05, 4.69) is 5.32 Å². The molecule has 0 unspecified atom stereocenters. The summed E-state index contributed by atoms with van der Waals surface area (Å²) in [5.74, 6) is -1.73. The highest BCUT2D eigenvalue weighted by Gasteiger charge is 2.45. The van der Waals surface area contributed by atoms with E-state index in [9.17, 15) is 36.0 Å². The maximum absolute atomic E-state index is 13.5. The van der Waals surface area contributed by atoms with Gasteiger partial charge in [-0.2, -0.15) is 13.2 Å². The van der Waals surface area contributed by atoms with Crippen molar-refractivity contribution in [1.82, 2.24) is 15.1 Å². The van der Waals surface area contributed by atoms with Crippen LogP contribution in [0.3, 0.4) is 0 Å². The number of alkyl halides is 3. The topological polar surface area (TPSA) is 104 Å². The number of nitrogens with zero attached hydrogens (tertiary/aromatic N) is 2. The predicted octanol–water partition coefficient (Wildman–Crippen LogP) is 3.67. The summed E-state index contributed by atoms with van der Waals surface area (Å²) in [4.78, 5) is 42.4. The molecule has 2 saturated heterocycles. The van der Waals surface area contributed by atoms with Crippen molar-refractivity contribution in [3.8, 4) is 0 Å². The second kappa shape index (κ2) is 11.5. The number of carbonyl (C=O) groups excluding carboxylic acids is 3. The molecule has 3 amide bonds. The Bertz CT molecular complexity index is 1420. The summed E-state index contributed by atoms with van der Waals surface area (Å²) in [6, 6.07) is 10.7. The van der Waals surface area contributed by atoms with Crippen LogP contribution in [0.1, 0.15) is 54.4 Å². The van der Waals surface area contributed by atoms with Gasteiger partial charge in [0, 0.05) is 37.2 Å². The fourth-order valence-corrected chi connectivity index (χ4v) is 8.09. The molecule has 1 saturated carbocycles. The quantitative estimate of drug-likeness (QED) is 0.530. The summed E-state index contributed by atoms with van der Waals surface area (Å²) in [6.07, 6.45) is -1.54. The number of halogens is 3. The maximum Gasteiger partial charge on any atom is 0.416 e. The molecule has 8 nitrogen and oxygen atoms in total. The monoisotopic (exact) mass is 591 g/mol. The lowest BCUT2D eigenvalue weighted by Crippen LogP contribution is -2.53. The van der Waals surface area contributed by atoms with Gasteiger partial charge in [-0.25, -0.2) is 8.42 Å². The normalized spacial score (nSPS) is 25.5. The lowest BCUT2D eigenvalue weighted by Gasteiger charge is -2.43. The van der Waals surface area contributed by atoms with Gasteiger partial charge in [-0.15, -0.1) is 0 Å². The third-order valence-corrected chi connectivity index (χ3v) is 10.3. The van der Waals surface area contributed by atoms with Crippen LogP contribution in [-0.4, -0.2) is 72.9 Å². The zero-order valence-electron chi connectivity index (χ0n) is 22.3. The fraction of sp³-hybridized carbons (Fsp3) is 0.483. The number of sulfone groups is 1. The SMILES string of the molecule is O=C(N[C@H]1CCN([C@H]2CC[C@@H](N3CCCC3=O)C[C@@H]2CS(=O)(=O)c2ccccc2)C1=O)c1cccc(C(F)(F)F)c1. The van der Waals surface area contributed by atoms with Crippen molar-refractivity contribution >= 4 is 27.6 Å². The molecule has 12 heteroatoms. The summed E-state index contributed by atoms with van der Waals surface area (Å²) in [5, 5.41) is 2.57. The molecule has 2 aromatic rings. The van der Waals surface area contributed by atoms with E-state index in [4.69, 9.17) is 0 Å². The third kappa shape index (κ3) is 6.27. The molecule has 41 heavy (non-hydrogen) atoms. The zero-order valence-corrected chi connectivity index (χ0v) is 23.2. The number of rotatable bonds is 7. The molecule has 2 aromatic carbocycles. The Kier molecular flexibility index (Phi) is 8.13. The van der Waals surface area contributed by atoms with Gasteiger partial charge in [0.25, 0.3) is 5.91 Å². The number of amides is 3. The minimum atomic E-state index is -4.61. The van der Waals surface area contributed by atoms with Crippen LogP contribution in [0.15, 0.2) is 59.5 Å². The molecule has 0 bridgehead atoms. The molecule has 5 rings (SSSR count). The molecule has 1 aliphatic carbocycles. The Hall–Kier alpha value is -3.41. The maximum atomic E-state index is 13.5. The lowest BCUT2D eigenvalue weighted by atomic mass is 9.81. The summed E-state index contributed by atoms with van der Waals surface area (Å²) < 4.78 is 66.1. The van der Waals surface area contributed by atoms with E-state index >= 15 is 0 Å². The average molecular weight is 592 g/mol. The second-order valence-electron chi connectivity index (χ2n) is 11.0. The molecular weight excluding hydrogens is 559 g/mol. The molecule has 3 aliphatic rings. The van der Waals surface area contributed by atoms with E-state index in [0.29, 0.717) is 32.2 Å². The summed E-state index contributed by atoms with van der Waals surface area (Å²) in [7, 11) is -3.69. The molecule has 3 fully saturated rings. The van der Waals surface area contributed by atoms with Gasteiger partial charge in [0.1, 0.15) is 6.04 Å². The molecule has 2 aliphatic heterocycles. The van der Waals surface area contributed by atoms with Gasteiger partial charge in [0.2, 0.25) is 11.8 Å². The number of likely N-dealkylation sites (tertiary alicyclic amines) is 2. The van der Waals surface area contributed by atoms with Crippen LogP contribution in [0, 0.1) is 5.92 Å². The number of hydrogen-bond donors (Lipinski definition) is 1. The van der Waals surface area contributed by atoms with E-state index in [1.807, 2.05) is 4.90 Å². The minimum Gasteiger partial charge on any atom is -0.340 e. The summed E-state index contributed by atoms with van der Waals surface area (Å²) >= 11 is 0. The highest BCUT2D eigenvalue weighted by molar-refractivity contribution is 7.91. The van der Waals surface area contributed by atoms with Gasteiger partial charge in [0.05, 0.1) is 16.2 Å². The Balaban J connectivity index is 1.33. The van der Waals surface area contributed by atoms with Gasteiger partial charge in [-0.05, 0) is 68.4 Å². The highest BCUT2D eigenvalue weighted by atomic mass is 32.2. The van der Waals surface area contributed by atoms with Crippen LogP contribution < -0.4 is 5.32 Å². The first-order chi connectivity index (χ1) is 19.4. The minimum absolute atomic E-state index is 0.0627. The van der Waals surface area contributed by atoms with Crippen LogP contribution in [0.4, 0.5) is 13.2 Å². The van der Waals surface area contributed by atoms with Crippen molar-refractivity contribution in [2.45, 2.75) is 67.7 Å². The van der Waals surface area contributed by atoms with Gasteiger partial charge in [0.15, 0.2) is 9.84 Å². The standard InChI is InChI=1S/C29H32F3N3O5S/c30-29(31,32)21-7-4-6-19(16-21)27(37)33-24-13-15-35(28(24)38)25-12-11-22(34-14-5-10-26(34)36)17-20(25)18-41(39,40)23-8-2-1-3-9-23/h1-4,6-9,16,20,22,24-25H,5,10-15,17-18H2,(H,33,37)/t20-,22-,24+,25+/m1/s1. The molecule has 1 N–H and O–H groups in total. The molecular formula is C29H32F3N3O5S. The predicted molar refractivity (Wildman–Crippen MR) is 143 cm³/mol. The fourth-order valence-electron chi connectivity index (χ4n) is 6.40. The van der Waals surface area contributed by atoms with E-state index in [-0.39, 0.29) is 47.0 Å². The van der Waals surface area contributed by atoms with Crippen molar-refractivity contribution in [1.29, 1.82) is 0 Å². The molecule has 220 valence electrons. The number of hydrogen-bond acceptors (Lipinski definition) is 5. The van der Waals surface area contributed by atoms with Crippen LogP contribution in [0.5, 0.6) is 0 Å². The zero-order chi connectivity index (χ0) is 29.4. The third-order valence-electron chi connectivity index (χ3n) is 8.40. The second-order valence-corrected chi connectivity index (χ2v) is 13.0. The van der Waals surface area contributed by atoms with Crippen molar-refractivity contribution in [2.75, 3.05) is 18.8 Å². The largest absolute Gasteiger partial charge is 0.416 e. The average Bonchev–Trinajstić information content (AvgIpc) is 3.53. The Labute approximate surface area is 236 Å². The molecule has 0 aromatic heterocycles. The Morgan fingerprint density at radius 1 is 0.951 bits per heavy atom. The van der Waals surface area contributed by atoms with E-state index in [1.165, 1.54) is 18.2 Å². The molecule has 0 spiro atoms. The number of nitrogens with one attached hydrogen (secondary N) is 1. The van der Waals surface area contributed by atoms with Crippen molar-refractivity contribution in [3.05, 3.63) is 65.7 Å². The summed E-state index contributed by atoms with van der Waals surface area (Å²) in [6.45, 7) is 0.921. The van der Waals surface area contributed by atoms with Crippen LogP contribution in [0.25, 0.3) is 0 Å². The van der Waals surface area contributed by atoms with Gasteiger partial charge in [-0.3, -0.25) is 14.4 Å². The molecule has 0 radical (unpaired) electrons. The number of benzene rings is 2. The van der Waals surface area contributed by atoms with Crippen LogP contribution in [-0.2, 0) is 25.6 Å². The summed E-state index contributed by atoms with van der Waals surface area (Å²) in [5.41, 5.74) is -1.16.